The van der Waals surface area contributed by atoms with Crippen LogP contribution in [0.3, 0.4) is 0 Å². The molecule has 6 heteroatoms. The molecule has 0 saturated heterocycles. The van der Waals surface area contributed by atoms with E-state index < -0.39 is 27.1 Å². The van der Waals surface area contributed by atoms with Gasteiger partial charge in [-0.1, -0.05) is 0 Å². The van der Waals surface area contributed by atoms with Crippen molar-refractivity contribution in [2.75, 3.05) is 0 Å². The van der Waals surface area contributed by atoms with E-state index in [1.807, 2.05) is 0 Å². The molecular formula is C18H26Cl2NOSiZr. The molecule has 0 aliphatic heterocycles. The predicted molar refractivity (Wildman–Crippen MR) is 91.8 cm³/mol. The first-order valence-corrected chi connectivity index (χ1v) is 18.4. The molecule has 0 radical (unpaired) electrons. The van der Waals surface area contributed by atoms with Crippen LogP contribution >= 0.6 is 0 Å². The van der Waals surface area contributed by atoms with E-state index in [-0.39, 0.29) is 24.8 Å². The van der Waals surface area contributed by atoms with Crippen LogP contribution < -0.4 is 28.1 Å². The molecule has 1 amide bonds. The zero-order chi connectivity index (χ0) is 15.5. The normalized spacial score (nSPS) is 19.2. The first kappa shape index (κ1) is 22.2. The molecule has 131 valence electrons. The fourth-order valence-electron chi connectivity index (χ4n) is 3.71. The molecule has 1 aromatic carbocycles. The Hall–Kier alpha value is 0.110. The topological polar surface area (TPSA) is 29.1 Å². The van der Waals surface area contributed by atoms with Gasteiger partial charge in [0.25, 0.3) is 0 Å². The number of hydrogen-bond donors (Lipinski definition) is 1. The van der Waals surface area contributed by atoms with Gasteiger partial charge in [0.05, 0.1) is 0 Å². The maximum absolute atomic E-state index is 12.7. The fraction of sp³-hybridized carbons (Fsp3) is 0.500. The van der Waals surface area contributed by atoms with Crippen LogP contribution in [0.4, 0.5) is 0 Å². The summed E-state index contributed by atoms with van der Waals surface area (Å²) in [6.45, 7) is 4.87. The molecule has 3 rings (SSSR count). The second-order valence-corrected chi connectivity index (χ2v) is 25.8. The molecule has 24 heavy (non-hydrogen) atoms. The van der Waals surface area contributed by atoms with E-state index >= 15 is 0 Å². The second-order valence-electron chi connectivity index (χ2n) is 6.90. The zero-order valence-electron chi connectivity index (χ0n) is 14.4. The van der Waals surface area contributed by atoms with Crippen LogP contribution in [0.15, 0.2) is 30.3 Å². The maximum atomic E-state index is 12.7. The Morgan fingerprint density at radius 1 is 1.12 bits per heavy atom. The van der Waals surface area contributed by atoms with E-state index in [0.717, 1.165) is 12.8 Å². The smallest absolute Gasteiger partial charge is 1.00 e. The summed E-state index contributed by atoms with van der Waals surface area (Å²) in [4.78, 5) is 12.7. The molecule has 1 N–H and O–H groups in total. The van der Waals surface area contributed by atoms with Gasteiger partial charge in [0.15, 0.2) is 0 Å². The van der Waals surface area contributed by atoms with Gasteiger partial charge in [-0.05, 0) is 0 Å². The van der Waals surface area contributed by atoms with Gasteiger partial charge in [-0.2, -0.15) is 0 Å². The van der Waals surface area contributed by atoms with E-state index in [4.69, 9.17) is 0 Å². The van der Waals surface area contributed by atoms with Crippen molar-refractivity contribution in [3.8, 4) is 0 Å². The Kier molecular flexibility index (Phi) is 9.51. The summed E-state index contributed by atoms with van der Waals surface area (Å²) < 4.78 is 4.20. The van der Waals surface area contributed by atoms with Gasteiger partial charge < -0.3 is 24.8 Å². The Bertz CT molecular complexity index is 576. The van der Waals surface area contributed by atoms with E-state index in [2.05, 4.69) is 52.8 Å². The van der Waals surface area contributed by atoms with Gasteiger partial charge in [-0.3, -0.25) is 0 Å². The van der Waals surface area contributed by atoms with Gasteiger partial charge in [0, 0.05) is 0 Å². The minimum atomic E-state index is -1.94. The van der Waals surface area contributed by atoms with Crippen LogP contribution in [0.25, 0.3) is 6.08 Å². The fourth-order valence-corrected chi connectivity index (χ4v) is 18.5. The van der Waals surface area contributed by atoms with Gasteiger partial charge in [0.2, 0.25) is 0 Å². The molecule has 1 fully saturated rings. The second kappa shape index (κ2) is 10.3. The third kappa shape index (κ3) is 5.06. The van der Waals surface area contributed by atoms with Gasteiger partial charge in [-0.25, -0.2) is 0 Å². The molecule has 0 spiro atoms. The molecular weight excluding hydrogens is 436 g/mol. The summed E-state index contributed by atoms with van der Waals surface area (Å²) in [7, 11) is 0. The number of rotatable bonds is 4. The number of allylic oxidation sites excluding steroid dienone is 1. The van der Waals surface area contributed by atoms with Crippen molar-refractivity contribution in [1.82, 2.24) is 3.26 Å². The molecule has 1 atom stereocenters. The predicted octanol–water partition coefficient (Wildman–Crippen LogP) is -2.02. The SMILES string of the molecule is C[SiH](C)[Zr+2]([NH]C(=O)C1CCCCC1)[CH]1C=Cc2ccccc21.[Cl-].[Cl-]. The molecule has 2 aliphatic carbocycles. The van der Waals surface area contributed by atoms with Crippen LogP contribution in [0, 0.1) is 5.92 Å². The Morgan fingerprint density at radius 3 is 2.46 bits per heavy atom. The maximum Gasteiger partial charge on any atom is -1.00 e. The monoisotopic (exact) mass is 460 g/mol. The van der Waals surface area contributed by atoms with E-state index in [9.17, 15) is 4.79 Å². The number of fused-ring (bicyclic) bond motifs is 1. The van der Waals surface area contributed by atoms with Crippen molar-refractivity contribution in [3.05, 3.63) is 41.5 Å². The molecule has 0 aromatic heterocycles. The zero-order valence-corrected chi connectivity index (χ0v) is 19.5. The molecule has 1 saturated carbocycles. The summed E-state index contributed by atoms with van der Waals surface area (Å²) in [5.41, 5.74) is 2.84. The summed E-state index contributed by atoms with van der Waals surface area (Å²) in [5, 5.41) is 0. The van der Waals surface area contributed by atoms with Crippen molar-refractivity contribution in [2.45, 2.75) is 48.8 Å². The van der Waals surface area contributed by atoms with Gasteiger partial charge in [-0.15, -0.1) is 0 Å². The van der Waals surface area contributed by atoms with Crippen molar-refractivity contribution < 1.29 is 50.8 Å². The summed E-state index contributed by atoms with van der Waals surface area (Å²) in [6, 6.07) is 8.73. The van der Waals surface area contributed by atoms with Crippen LogP contribution in [0.5, 0.6) is 0 Å². The van der Waals surface area contributed by atoms with Crippen LogP contribution in [0.2, 0.25) is 13.1 Å². The largest absolute Gasteiger partial charge is 1.00 e. The first-order valence-electron chi connectivity index (χ1n) is 8.61. The molecule has 0 bridgehead atoms. The molecule has 2 nitrogen and oxygen atoms in total. The van der Waals surface area contributed by atoms with Crippen LogP contribution in [0.1, 0.15) is 46.9 Å². The number of carbonyl (C=O) groups excluding carboxylic acids is 1. The minimum absolute atomic E-state index is 0. The minimum Gasteiger partial charge on any atom is -1.00 e. The van der Waals surface area contributed by atoms with Crippen molar-refractivity contribution in [1.29, 1.82) is 0 Å². The van der Waals surface area contributed by atoms with Gasteiger partial charge in [0.1, 0.15) is 0 Å². The molecule has 1 aromatic rings. The van der Waals surface area contributed by atoms with E-state index in [1.165, 1.54) is 30.4 Å². The number of hydrogen-bond acceptors (Lipinski definition) is 1. The Morgan fingerprint density at radius 2 is 1.79 bits per heavy atom. The number of amides is 1. The molecule has 0 heterocycles. The summed E-state index contributed by atoms with van der Waals surface area (Å²) in [6.07, 6.45) is 10.7. The number of carbonyl (C=O) groups is 1. The number of halogens is 2. The average molecular weight is 463 g/mol. The average Bonchev–Trinajstić information content (AvgIpc) is 2.96. The summed E-state index contributed by atoms with van der Waals surface area (Å²) >= 11 is -1.94. The van der Waals surface area contributed by atoms with Crippen molar-refractivity contribution in [3.63, 3.8) is 0 Å². The molecule has 2 aliphatic rings. The third-order valence-electron chi connectivity index (χ3n) is 5.00. The van der Waals surface area contributed by atoms with Crippen molar-refractivity contribution >= 4 is 17.9 Å². The van der Waals surface area contributed by atoms with E-state index in [0.29, 0.717) is 15.5 Å². The number of nitrogens with one attached hydrogen (secondary N) is 1. The van der Waals surface area contributed by atoms with E-state index in [1.54, 1.807) is 0 Å². The van der Waals surface area contributed by atoms with Gasteiger partial charge >= 0.3 is 143 Å². The quantitative estimate of drug-likeness (QED) is 0.515. The van der Waals surface area contributed by atoms with Crippen molar-refractivity contribution in [2.24, 2.45) is 5.92 Å². The molecule has 1 unspecified atom stereocenters. The van der Waals surface area contributed by atoms with Crippen LogP contribution in [-0.2, 0) is 26.0 Å². The Labute approximate surface area is 167 Å². The first-order chi connectivity index (χ1) is 10.7. The number of benzene rings is 1. The third-order valence-corrected chi connectivity index (χ3v) is 22.6. The summed E-state index contributed by atoms with van der Waals surface area (Å²) in [5.74, 6) is -0.0945. The Balaban J connectivity index is 0.00000144. The van der Waals surface area contributed by atoms with Crippen LogP contribution in [-0.4, -0.2) is 11.8 Å². The standard InChI is InChI=1S/C9H7.C7H13NO.C2H7Si.2ClH.Zr/c1-2-5-9-7-3-6-8(9)4-1;8-7(9)6-4-2-1-3-5-6;1-3-2;;;/h1-7H;6H,1-5H2,(H2,8,9);3H,1-2H3;2*1H;/q;;;;;+3/p-3.